The van der Waals surface area contributed by atoms with Crippen molar-refractivity contribution in [2.24, 2.45) is 0 Å². The number of rotatable bonds is 4. The average Bonchev–Trinajstić information content (AvgIpc) is 2.96. The highest BCUT2D eigenvalue weighted by Crippen LogP contribution is 2.35. The van der Waals surface area contributed by atoms with E-state index in [9.17, 15) is 18.4 Å². The van der Waals surface area contributed by atoms with Crippen LogP contribution in [0.25, 0.3) is 5.57 Å². The van der Waals surface area contributed by atoms with Crippen LogP contribution < -0.4 is 10.2 Å². The number of benzene rings is 3. The molecule has 4 rings (SSSR count). The maximum absolute atomic E-state index is 14.5. The van der Waals surface area contributed by atoms with Gasteiger partial charge in [-0.05, 0) is 50.1 Å². The Kier molecular flexibility index (Phi) is 5.15. The van der Waals surface area contributed by atoms with Crippen molar-refractivity contribution in [3.05, 3.63) is 100 Å². The Morgan fingerprint density at radius 3 is 2.13 bits per heavy atom. The zero-order valence-corrected chi connectivity index (χ0v) is 17.3. The van der Waals surface area contributed by atoms with Gasteiger partial charge in [0.2, 0.25) is 0 Å². The highest BCUT2D eigenvalue weighted by molar-refractivity contribution is 6.46. The summed E-state index contributed by atoms with van der Waals surface area (Å²) in [6, 6.07) is 15.4. The van der Waals surface area contributed by atoms with Crippen molar-refractivity contribution in [1.29, 1.82) is 0 Å². The molecular formula is C25H20F2N2O2. The van der Waals surface area contributed by atoms with Crippen molar-refractivity contribution in [2.45, 2.75) is 20.8 Å². The number of imide groups is 1. The summed E-state index contributed by atoms with van der Waals surface area (Å²) in [4.78, 5) is 27.3. The molecule has 0 atom stereocenters. The third-order valence-corrected chi connectivity index (χ3v) is 5.21. The number of hydrogen-bond acceptors (Lipinski definition) is 3. The summed E-state index contributed by atoms with van der Waals surface area (Å²) in [5.41, 5.74) is 3.77. The minimum atomic E-state index is -0.862. The van der Waals surface area contributed by atoms with Gasteiger partial charge >= 0.3 is 0 Å². The fraction of sp³-hybridized carbons (Fsp3) is 0.120. The summed E-state index contributed by atoms with van der Waals surface area (Å²) in [6.07, 6.45) is 0. The standard InChI is InChI=1S/C25H20F2N2O2/c1-14-4-7-17(8-5-14)22-23(28-20-11-6-15(2)12-16(20)3)25(31)29(24(22)30)21-13-18(26)9-10-19(21)27/h4-13,28H,1-3H3. The first kappa shape index (κ1) is 20.5. The minimum Gasteiger partial charge on any atom is -0.350 e. The van der Waals surface area contributed by atoms with Crippen LogP contribution in [-0.2, 0) is 9.59 Å². The van der Waals surface area contributed by atoms with Gasteiger partial charge in [-0.3, -0.25) is 9.59 Å². The average molecular weight is 418 g/mol. The molecule has 0 unspecified atom stereocenters. The molecule has 0 spiro atoms. The van der Waals surface area contributed by atoms with Crippen molar-refractivity contribution in [3.8, 4) is 0 Å². The number of aryl methyl sites for hydroxylation is 3. The molecule has 1 N–H and O–H groups in total. The Labute approximate surface area is 178 Å². The SMILES string of the molecule is Cc1ccc(C2=C(Nc3ccc(C)cc3C)C(=O)N(c3cc(F)ccc3F)C2=O)cc1. The Morgan fingerprint density at radius 1 is 0.774 bits per heavy atom. The van der Waals surface area contributed by atoms with Gasteiger partial charge in [0.15, 0.2) is 0 Å². The van der Waals surface area contributed by atoms with E-state index >= 15 is 0 Å². The Hall–Kier alpha value is -3.80. The van der Waals surface area contributed by atoms with E-state index in [4.69, 9.17) is 0 Å². The summed E-state index contributed by atoms with van der Waals surface area (Å²) < 4.78 is 28.3. The van der Waals surface area contributed by atoms with Crippen LogP contribution in [0.1, 0.15) is 22.3 Å². The second-order valence-corrected chi connectivity index (χ2v) is 7.60. The molecule has 3 aromatic rings. The maximum atomic E-state index is 14.5. The number of nitrogens with one attached hydrogen (secondary N) is 1. The van der Waals surface area contributed by atoms with E-state index in [1.54, 1.807) is 12.1 Å². The smallest absolute Gasteiger partial charge is 0.282 e. The number of amides is 2. The normalized spacial score (nSPS) is 13.9. The van der Waals surface area contributed by atoms with Gasteiger partial charge in [-0.2, -0.15) is 0 Å². The summed E-state index contributed by atoms with van der Waals surface area (Å²) in [6.45, 7) is 5.74. The topological polar surface area (TPSA) is 49.4 Å². The number of halogens is 2. The monoisotopic (exact) mass is 418 g/mol. The van der Waals surface area contributed by atoms with Crippen LogP contribution in [-0.4, -0.2) is 11.8 Å². The third-order valence-electron chi connectivity index (χ3n) is 5.21. The van der Waals surface area contributed by atoms with E-state index in [-0.39, 0.29) is 11.3 Å². The Bertz CT molecular complexity index is 1250. The van der Waals surface area contributed by atoms with E-state index in [2.05, 4.69) is 5.32 Å². The summed E-state index contributed by atoms with van der Waals surface area (Å²) >= 11 is 0. The summed E-state index contributed by atoms with van der Waals surface area (Å²) in [5.74, 6) is -3.07. The van der Waals surface area contributed by atoms with Gasteiger partial charge in [0.25, 0.3) is 11.8 Å². The maximum Gasteiger partial charge on any atom is 0.282 e. The van der Waals surface area contributed by atoms with Crippen molar-refractivity contribution in [2.75, 3.05) is 10.2 Å². The molecule has 2 amide bonds. The molecule has 3 aromatic carbocycles. The van der Waals surface area contributed by atoms with Gasteiger partial charge in [0.1, 0.15) is 17.3 Å². The van der Waals surface area contributed by atoms with Crippen molar-refractivity contribution < 1.29 is 18.4 Å². The van der Waals surface area contributed by atoms with Gasteiger partial charge in [-0.25, -0.2) is 13.7 Å². The quantitative estimate of drug-likeness (QED) is 0.586. The zero-order valence-electron chi connectivity index (χ0n) is 17.3. The second kappa shape index (κ2) is 7.80. The molecule has 1 aliphatic rings. The fourth-order valence-corrected chi connectivity index (χ4v) is 3.60. The predicted octanol–water partition coefficient (Wildman–Crippen LogP) is 5.29. The highest BCUT2D eigenvalue weighted by Gasteiger charge is 2.41. The van der Waals surface area contributed by atoms with Gasteiger partial charge in [-0.1, -0.05) is 47.5 Å². The number of anilines is 2. The number of carbonyl (C=O) groups excluding carboxylic acids is 2. The first-order valence-corrected chi connectivity index (χ1v) is 9.75. The lowest BCUT2D eigenvalue weighted by Crippen LogP contribution is -2.33. The van der Waals surface area contributed by atoms with Gasteiger partial charge in [0, 0.05) is 11.8 Å². The van der Waals surface area contributed by atoms with Gasteiger partial charge in [-0.15, -0.1) is 0 Å². The molecule has 4 nitrogen and oxygen atoms in total. The number of carbonyl (C=O) groups is 2. The first-order chi connectivity index (χ1) is 14.8. The van der Waals surface area contributed by atoms with Crippen LogP contribution >= 0.6 is 0 Å². The lowest BCUT2D eigenvalue weighted by molar-refractivity contribution is -0.120. The molecule has 0 fully saturated rings. The largest absolute Gasteiger partial charge is 0.350 e. The van der Waals surface area contributed by atoms with Crippen molar-refractivity contribution in [3.63, 3.8) is 0 Å². The van der Waals surface area contributed by atoms with Crippen LogP contribution in [0.4, 0.5) is 20.2 Å². The Balaban J connectivity index is 1.87. The molecule has 0 saturated carbocycles. The molecule has 1 heterocycles. The second-order valence-electron chi connectivity index (χ2n) is 7.60. The van der Waals surface area contributed by atoms with E-state index < -0.39 is 29.1 Å². The zero-order chi connectivity index (χ0) is 22.3. The number of hydrogen-bond donors (Lipinski definition) is 1. The highest BCUT2D eigenvalue weighted by atomic mass is 19.1. The lowest BCUT2D eigenvalue weighted by Gasteiger charge is -2.16. The molecule has 6 heteroatoms. The van der Waals surface area contributed by atoms with Crippen LogP contribution in [0.5, 0.6) is 0 Å². The van der Waals surface area contributed by atoms with Crippen molar-refractivity contribution >= 4 is 28.8 Å². The minimum absolute atomic E-state index is 0.0180. The van der Waals surface area contributed by atoms with Crippen molar-refractivity contribution in [1.82, 2.24) is 0 Å². The molecular weight excluding hydrogens is 398 g/mol. The van der Waals surface area contributed by atoms with Gasteiger partial charge < -0.3 is 5.32 Å². The third kappa shape index (κ3) is 3.72. The van der Waals surface area contributed by atoms with E-state index in [0.29, 0.717) is 16.2 Å². The van der Waals surface area contributed by atoms with E-state index in [1.807, 2.05) is 51.1 Å². The molecule has 31 heavy (non-hydrogen) atoms. The summed E-state index contributed by atoms with van der Waals surface area (Å²) in [7, 11) is 0. The molecule has 0 saturated heterocycles. The molecule has 0 radical (unpaired) electrons. The first-order valence-electron chi connectivity index (χ1n) is 9.75. The van der Waals surface area contributed by atoms with Crippen LogP contribution in [0.15, 0.2) is 66.4 Å². The van der Waals surface area contributed by atoms with Crippen LogP contribution in [0, 0.1) is 32.4 Å². The summed E-state index contributed by atoms with van der Waals surface area (Å²) in [5, 5.41) is 3.06. The number of nitrogens with zero attached hydrogens (tertiary/aromatic N) is 1. The van der Waals surface area contributed by atoms with Gasteiger partial charge in [0.05, 0.1) is 11.3 Å². The van der Waals surface area contributed by atoms with Crippen LogP contribution in [0.3, 0.4) is 0 Å². The molecule has 0 aliphatic carbocycles. The lowest BCUT2D eigenvalue weighted by atomic mass is 10.0. The molecule has 0 aromatic heterocycles. The predicted molar refractivity (Wildman–Crippen MR) is 116 cm³/mol. The fourth-order valence-electron chi connectivity index (χ4n) is 3.60. The van der Waals surface area contributed by atoms with E-state index in [1.165, 1.54) is 0 Å². The molecule has 156 valence electrons. The molecule has 1 aliphatic heterocycles. The van der Waals surface area contributed by atoms with E-state index in [0.717, 1.165) is 34.9 Å². The Morgan fingerprint density at radius 2 is 1.45 bits per heavy atom. The van der Waals surface area contributed by atoms with Crippen LogP contribution in [0.2, 0.25) is 0 Å². The molecule has 0 bridgehead atoms.